The highest BCUT2D eigenvalue weighted by Crippen LogP contribution is 2.44. The third-order valence-electron chi connectivity index (χ3n) is 6.35. The molecule has 0 aliphatic carbocycles. The van der Waals surface area contributed by atoms with Crippen molar-refractivity contribution in [3.63, 3.8) is 0 Å². The maximum absolute atomic E-state index is 13.5. The Kier molecular flexibility index (Phi) is 9.57. The molecule has 1 aliphatic heterocycles. The van der Waals surface area contributed by atoms with Gasteiger partial charge < -0.3 is 19.3 Å². The lowest BCUT2D eigenvalue weighted by Gasteiger charge is -2.23. The number of unbranched alkanes of at least 4 members (excludes halogenated alkanes) is 1. The standard InChI is InChI=1S/C31H32N2O7S/c1-5-8-18-40-23-15-11-21(12-16-23)26(34)24-25(20-9-13-22(14-10-20)39-17-6-2)33(29(36)27(24)35)31-32-19(4)28(41-31)30(37)38-7-3/h6,9-16,25,34H,2,5,7-8,17-18H2,1,3-4H3/t25-/m1/s1. The number of hydrogen-bond acceptors (Lipinski definition) is 9. The van der Waals surface area contributed by atoms with E-state index in [0.29, 0.717) is 41.5 Å². The zero-order valence-corrected chi connectivity index (χ0v) is 24.0. The first-order valence-electron chi connectivity index (χ1n) is 13.3. The first-order valence-corrected chi connectivity index (χ1v) is 14.1. The van der Waals surface area contributed by atoms with E-state index >= 15 is 0 Å². The van der Waals surface area contributed by atoms with Gasteiger partial charge in [0.25, 0.3) is 5.78 Å². The molecule has 10 heteroatoms. The second kappa shape index (κ2) is 13.3. The zero-order chi connectivity index (χ0) is 29.5. The molecule has 1 amide bonds. The van der Waals surface area contributed by atoms with Crippen LogP contribution in [0, 0.1) is 6.92 Å². The van der Waals surface area contributed by atoms with Crippen molar-refractivity contribution in [1.29, 1.82) is 0 Å². The number of carbonyl (C=O) groups is 3. The molecule has 2 aromatic carbocycles. The van der Waals surface area contributed by atoms with Crippen molar-refractivity contribution >= 4 is 39.9 Å². The first kappa shape index (κ1) is 29.5. The van der Waals surface area contributed by atoms with Crippen LogP contribution in [-0.2, 0) is 14.3 Å². The topological polar surface area (TPSA) is 115 Å². The molecule has 0 spiro atoms. The number of aryl methyl sites for hydroxylation is 1. The Morgan fingerprint density at radius 2 is 1.73 bits per heavy atom. The smallest absolute Gasteiger partial charge is 0.350 e. The van der Waals surface area contributed by atoms with Gasteiger partial charge in [-0.3, -0.25) is 14.5 Å². The molecule has 4 rings (SSSR count). The van der Waals surface area contributed by atoms with Crippen LogP contribution < -0.4 is 14.4 Å². The van der Waals surface area contributed by atoms with Crippen LogP contribution in [0.3, 0.4) is 0 Å². The molecule has 1 aromatic heterocycles. The number of ketones is 1. The summed E-state index contributed by atoms with van der Waals surface area (Å²) >= 11 is 0.955. The predicted molar refractivity (Wildman–Crippen MR) is 157 cm³/mol. The Morgan fingerprint density at radius 1 is 1.07 bits per heavy atom. The largest absolute Gasteiger partial charge is 0.507 e. The van der Waals surface area contributed by atoms with Crippen LogP contribution in [0.2, 0.25) is 0 Å². The quantitative estimate of drug-likeness (QED) is 0.0697. The number of aliphatic hydroxyl groups excluding tert-OH is 1. The number of Topliss-reactive ketones (excluding diaryl/α,β-unsaturated/α-hetero) is 1. The summed E-state index contributed by atoms with van der Waals surface area (Å²) in [6, 6.07) is 12.5. The normalized spacial score (nSPS) is 16.1. The molecule has 3 aromatic rings. The van der Waals surface area contributed by atoms with Crippen LogP contribution in [0.5, 0.6) is 11.5 Å². The van der Waals surface area contributed by atoms with Crippen LogP contribution in [0.15, 0.2) is 66.8 Å². The lowest BCUT2D eigenvalue weighted by molar-refractivity contribution is -0.132. The fourth-order valence-corrected chi connectivity index (χ4v) is 5.30. The van der Waals surface area contributed by atoms with E-state index in [1.807, 2.05) is 0 Å². The van der Waals surface area contributed by atoms with Gasteiger partial charge >= 0.3 is 11.9 Å². The molecule has 0 bridgehead atoms. The molecule has 2 heterocycles. The maximum Gasteiger partial charge on any atom is 0.350 e. The summed E-state index contributed by atoms with van der Waals surface area (Å²) in [5.74, 6) is -1.43. The molecule has 214 valence electrons. The number of carbonyl (C=O) groups excluding carboxylic acids is 3. The number of anilines is 1. The van der Waals surface area contributed by atoms with Crippen molar-refractivity contribution in [1.82, 2.24) is 4.98 Å². The van der Waals surface area contributed by atoms with E-state index in [4.69, 9.17) is 14.2 Å². The second-order valence-electron chi connectivity index (χ2n) is 9.20. The summed E-state index contributed by atoms with van der Waals surface area (Å²) in [6.07, 6.45) is 3.53. The van der Waals surface area contributed by atoms with Gasteiger partial charge in [0, 0.05) is 5.56 Å². The molecule has 0 radical (unpaired) electrons. The molecule has 1 aliphatic rings. The fraction of sp³-hybridized carbons (Fsp3) is 0.290. The van der Waals surface area contributed by atoms with Gasteiger partial charge in [0.05, 0.1) is 30.5 Å². The molecule has 1 N–H and O–H groups in total. The number of aliphatic hydroxyl groups is 1. The number of amides is 1. The summed E-state index contributed by atoms with van der Waals surface area (Å²) in [5, 5.41) is 11.6. The van der Waals surface area contributed by atoms with Crippen molar-refractivity contribution in [2.24, 2.45) is 0 Å². The van der Waals surface area contributed by atoms with E-state index in [9.17, 15) is 19.5 Å². The van der Waals surface area contributed by atoms with Gasteiger partial charge in [-0.2, -0.15) is 0 Å². The molecule has 0 saturated carbocycles. The second-order valence-corrected chi connectivity index (χ2v) is 10.2. The zero-order valence-electron chi connectivity index (χ0n) is 23.2. The van der Waals surface area contributed by atoms with Gasteiger partial charge in [0.2, 0.25) is 0 Å². The number of thiazole rings is 1. The molecule has 0 unspecified atom stereocenters. The van der Waals surface area contributed by atoms with E-state index in [2.05, 4.69) is 18.5 Å². The number of ether oxygens (including phenoxy) is 3. The highest BCUT2D eigenvalue weighted by molar-refractivity contribution is 7.17. The number of benzene rings is 2. The van der Waals surface area contributed by atoms with Crippen LogP contribution in [0.25, 0.3) is 5.76 Å². The summed E-state index contributed by atoms with van der Waals surface area (Å²) in [7, 11) is 0. The van der Waals surface area contributed by atoms with E-state index in [1.165, 1.54) is 4.90 Å². The lowest BCUT2D eigenvalue weighted by atomic mass is 9.95. The Bertz CT molecular complexity index is 1460. The highest BCUT2D eigenvalue weighted by Gasteiger charge is 2.48. The van der Waals surface area contributed by atoms with E-state index in [-0.39, 0.29) is 27.9 Å². The third-order valence-corrected chi connectivity index (χ3v) is 7.49. The van der Waals surface area contributed by atoms with E-state index in [0.717, 1.165) is 24.2 Å². The van der Waals surface area contributed by atoms with Crippen molar-refractivity contribution in [3.05, 3.63) is 88.5 Å². The predicted octanol–water partition coefficient (Wildman–Crippen LogP) is 6.00. The average Bonchev–Trinajstić information content (AvgIpc) is 3.48. The number of rotatable bonds is 12. The van der Waals surface area contributed by atoms with Gasteiger partial charge in [0.1, 0.15) is 28.7 Å². The van der Waals surface area contributed by atoms with Crippen molar-refractivity contribution in [2.75, 3.05) is 24.7 Å². The molecule has 1 saturated heterocycles. The van der Waals surface area contributed by atoms with Crippen molar-refractivity contribution < 1.29 is 33.7 Å². The van der Waals surface area contributed by atoms with Crippen LogP contribution >= 0.6 is 11.3 Å². The monoisotopic (exact) mass is 576 g/mol. The highest BCUT2D eigenvalue weighted by atomic mass is 32.1. The van der Waals surface area contributed by atoms with Crippen LogP contribution in [0.1, 0.15) is 59.2 Å². The minimum Gasteiger partial charge on any atom is -0.507 e. The van der Waals surface area contributed by atoms with Crippen molar-refractivity contribution in [3.8, 4) is 11.5 Å². The van der Waals surface area contributed by atoms with Gasteiger partial charge in [-0.25, -0.2) is 9.78 Å². The average molecular weight is 577 g/mol. The van der Waals surface area contributed by atoms with E-state index in [1.54, 1.807) is 68.5 Å². The number of aromatic nitrogens is 1. The number of nitrogens with zero attached hydrogens (tertiary/aromatic N) is 2. The summed E-state index contributed by atoms with van der Waals surface area (Å²) in [5.41, 5.74) is 1.17. The molecule has 1 fully saturated rings. The molecule has 1 atom stereocenters. The Morgan fingerprint density at radius 3 is 2.37 bits per heavy atom. The molecule has 9 nitrogen and oxygen atoms in total. The minimum absolute atomic E-state index is 0.0973. The van der Waals surface area contributed by atoms with Crippen LogP contribution in [0.4, 0.5) is 5.13 Å². The van der Waals surface area contributed by atoms with Gasteiger partial charge in [-0.05, 0) is 62.2 Å². The Labute approximate surface area is 242 Å². The van der Waals surface area contributed by atoms with Gasteiger partial charge in [0.15, 0.2) is 5.13 Å². The van der Waals surface area contributed by atoms with Gasteiger partial charge in [-0.15, -0.1) is 0 Å². The van der Waals surface area contributed by atoms with E-state index < -0.39 is 23.7 Å². The fourth-order valence-electron chi connectivity index (χ4n) is 4.32. The van der Waals surface area contributed by atoms with Crippen LogP contribution in [-0.4, -0.2) is 47.6 Å². The minimum atomic E-state index is -1.01. The summed E-state index contributed by atoms with van der Waals surface area (Å²) in [4.78, 5) is 45.3. The molecule has 41 heavy (non-hydrogen) atoms. The SMILES string of the molecule is C=CCOc1ccc([C@@H]2C(=C(O)c3ccc(OCCCC)cc3)C(=O)C(=O)N2c2nc(C)c(C(=O)OCC)s2)cc1. The number of hydrogen-bond donors (Lipinski definition) is 1. The van der Waals surface area contributed by atoms with Crippen molar-refractivity contribution in [2.45, 2.75) is 39.7 Å². The lowest BCUT2D eigenvalue weighted by Crippen LogP contribution is -2.29. The summed E-state index contributed by atoms with van der Waals surface area (Å²) < 4.78 is 16.4. The molecular formula is C31H32N2O7S. The Balaban J connectivity index is 1.80. The maximum atomic E-state index is 13.5. The van der Waals surface area contributed by atoms with Gasteiger partial charge in [-0.1, -0.05) is 49.5 Å². The first-order chi connectivity index (χ1) is 19.8. The number of esters is 1. The summed E-state index contributed by atoms with van der Waals surface area (Å²) in [6.45, 7) is 10.1. The third kappa shape index (κ3) is 6.33. The molecular weight excluding hydrogens is 544 g/mol. The Hall–Kier alpha value is -4.44.